The maximum absolute atomic E-state index is 11.9. The van der Waals surface area contributed by atoms with Crippen LogP contribution in [0.3, 0.4) is 0 Å². The predicted octanol–water partition coefficient (Wildman–Crippen LogP) is 2.82. The second-order valence-electron chi connectivity index (χ2n) is 6.26. The van der Waals surface area contributed by atoms with Gasteiger partial charge in [0.2, 0.25) is 15.9 Å². The molecule has 0 fully saturated rings. The second kappa shape index (κ2) is 9.12. The lowest BCUT2D eigenvalue weighted by Gasteiger charge is -2.10. The quantitative estimate of drug-likeness (QED) is 0.702. The van der Waals surface area contributed by atoms with Crippen LogP contribution in [0.4, 0.5) is 0 Å². The minimum absolute atomic E-state index is 0.0130. The third-order valence-corrected chi connectivity index (χ3v) is 5.78. The summed E-state index contributed by atoms with van der Waals surface area (Å²) in [5.74, 6) is -0.0302. The van der Waals surface area contributed by atoms with Crippen LogP contribution in [0.25, 0.3) is 0 Å². The molecule has 0 bridgehead atoms. The van der Waals surface area contributed by atoms with Crippen LogP contribution in [0.15, 0.2) is 41.1 Å². The van der Waals surface area contributed by atoms with Crippen molar-refractivity contribution in [2.45, 2.75) is 45.0 Å². The summed E-state index contributed by atoms with van der Waals surface area (Å²) in [7, 11) is -3.32. The third kappa shape index (κ3) is 7.37. The zero-order valence-electron chi connectivity index (χ0n) is 14.5. The molecule has 0 aliphatic rings. The SMILES string of the molecule is CC(C)NS(=O)(=O)Cc1ccc(CNC(=O)CCc2ccsc2)cc1. The van der Waals surface area contributed by atoms with Crippen LogP contribution in [0.5, 0.6) is 0 Å². The molecule has 0 atom stereocenters. The molecule has 1 aromatic heterocycles. The minimum atomic E-state index is -3.32. The Bertz CT molecular complexity index is 767. The molecule has 2 N–H and O–H groups in total. The molecule has 2 aromatic rings. The fraction of sp³-hybridized carbons (Fsp3) is 0.389. The molecule has 0 saturated heterocycles. The molecule has 136 valence electrons. The van der Waals surface area contributed by atoms with Gasteiger partial charge < -0.3 is 5.32 Å². The van der Waals surface area contributed by atoms with Crippen molar-refractivity contribution in [1.82, 2.24) is 10.0 Å². The van der Waals surface area contributed by atoms with E-state index in [0.29, 0.717) is 13.0 Å². The summed E-state index contributed by atoms with van der Waals surface area (Å²) in [5, 5.41) is 6.94. The molecule has 25 heavy (non-hydrogen) atoms. The molecule has 0 saturated carbocycles. The molecule has 2 rings (SSSR count). The van der Waals surface area contributed by atoms with Gasteiger partial charge in [0.15, 0.2) is 0 Å². The minimum Gasteiger partial charge on any atom is -0.352 e. The lowest BCUT2D eigenvalue weighted by atomic mass is 10.1. The van der Waals surface area contributed by atoms with Crippen molar-refractivity contribution in [2.75, 3.05) is 0 Å². The molecule has 0 aliphatic heterocycles. The number of benzene rings is 1. The first-order chi connectivity index (χ1) is 11.8. The summed E-state index contributed by atoms with van der Waals surface area (Å²) < 4.78 is 26.4. The number of hydrogen-bond acceptors (Lipinski definition) is 4. The number of sulfonamides is 1. The van der Waals surface area contributed by atoms with Crippen LogP contribution in [0.1, 0.15) is 37.0 Å². The van der Waals surface area contributed by atoms with Gasteiger partial charge in [-0.25, -0.2) is 13.1 Å². The maximum atomic E-state index is 11.9. The van der Waals surface area contributed by atoms with E-state index in [9.17, 15) is 13.2 Å². The number of thiophene rings is 1. The van der Waals surface area contributed by atoms with Gasteiger partial charge >= 0.3 is 0 Å². The number of carbonyl (C=O) groups excluding carboxylic acids is 1. The first-order valence-electron chi connectivity index (χ1n) is 8.19. The van der Waals surface area contributed by atoms with Gasteiger partial charge in [-0.15, -0.1) is 0 Å². The van der Waals surface area contributed by atoms with Crippen molar-refractivity contribution >= 4 is 27.3 Å². The summed E-state index contributed by atoms with van der Waals surface area (Å²) in [6.07, 6.45) is 1.21. The molecule has 0 aliphatic carbocycles. The van der Waals surface area contributed by atoms with Gasteiger partial charge in [-0.05, 0) is 53.8 Å². The average Bonchev–Trinajstić information content (AvgIpc) is 3.04. The Labute approximate surface area is 153 Å². The van der Waals surface area contributed by atoms with E-state index in [1.54, 1.807) is 37.3 Å². The highest BCUT2D eigenvalue weighted by Crippen LogP contribution is 2.10. The van der Waals surface area contributed by atoms with E-state index >= 15 is 0 Å². The van der Waals surface area contributed by atoms with E-state index in [0.717, 1.165) is 17.5 Å². The highest BCUT2D eigenvalue weighted by Gasteiger charge is 2.12. The van der Waals surface area contributed by atoms with E-state index in [-0.39, 0.29) is 17.7 Å². The Morgan fingerprint density at radius 3 is 2.36 bits per heavy atom. The predicted molar refractivity (Wildman–Crippen MR) is 102 cm³/mol. The molecular formula is C18H24N2O3S2. The lowest BCUT2D eigenvalue weighted by Crippen LogP contribution is -2.31. The number of carbonyl (C=O) groups is 1. The summed E-state index contributed by atoms with van der Waals surface area (Å²) in [5.41, 5.74) is 2.85. The van der Waals surface area contributed by atoms with Crippen LogP contribution in [-0.2, 0) is 33.5 Å². The van der Waals surface area contributed by atoms with Crippen molar-refractivity contribution in [3.8, 4) is 0 Å². The van der Waals surface area contributed by atoms with Gasteiger partial charge in [-0.3, -0.25) is 4.79 Å². The zero-order valence-corrected chi connectivity index (χ0v) is 16.1. The van der Waals surface area contributed by atoms with Crippen molar-refractivity contribution in [2.24, 2.45) is 0 Å². The Balaban J connectivity index is 1.79. The highest BCUT2D eigenvalue weighted by molar-refractivity contribution is 7.88. The van der Waals surface area contributed by atoms with Gasteiger partial charge in [0, 0.05) is 19.0 Å². The number of aryl methyl sites for hydroxylation is 1. The van der Waals surface area contributed by atoms with Gasteiger partial charge in [0.25, 0.3) is 0 Å². The molecule has 0 spiro atoms. The molecule has 7 heteroatoms. The van der Waals surface area contributed by atoms with E-state index in [1.165, 1.54) is 5.56 Å². The normalized spacial score (nSPS) is 11.6. The van der Waals surface area contributed by atoms with E-state index in [4.69, 9.17) is 0 Å². The summed E-state index contributed by atoms with van der Waals surface area (Å²) in [6.45, 7) is 4.03. The van der Waals surface area contributed by atoms with E-state index < -0.39 is 10.0 Å². The Kier molecular flexibility index (Phi) is 7.16. The van der Waals surface area contributed by atoms with Crippen LogP contribution < -0.4 is 10.0 Å². The molecule has 1 aromatic carbocycles. The van der Waals surface area contributed by atoms with Gasteiger partial charge in [0.1, 0.15) is 0 Å². The summed E-state index contributed by atoms with van der Waals surface area (Å²) in [4.78, 5) is 11.9. The molecule has 5 nitrogen and oxygen atoms in total. The maximum Gasteiger partial charge on any atom is 0.220 e. The van der Waals surface area contributed by atoms with Gasteiger partial charge in [-0.1, -0.05) is 24.3 Å². The van der Waals surface area contributed by atoms with Gasteiger partial charge in [0.05, 0.1) is 5.75 Å². The number of hydrogen-bond donors (Lipinski definition) is 2. The largest absolute Gasteiger partial charge is 0.352 e. The van der Waals surface area contributed by atoms with Crippen LogP contribution in [0, 0.1) is 0 Å². The first-order valence-corrected chi connectivity index (χ1v) is 10.8. The van der Waals surface area contributed by atoms with Crippen LogP contribution >= 0.6 is 11.3 Å². The second-order valence-corrected chi connectivity index (χ2v) is 8.79. The molecule has 0 radical (unpaired) electrons. The smallest absolute Gasteiger partial charge is 0.220 e. The van der Waals surface area contributed by atoms with Crippen molar-refractivity contribution in [3.63, 3.8) is 0 Å². The Morgan fingerprint density at radius 1 is 1.08 bits per heavy atom. The fourth-order valence-electron chi connectivity index (χ4n) is 2.36. The molecular weight excluding hydrogens is 356 g/mol. The third-order valence-electron chi connectivity index (χ3n) is 3.51. The number of amides is 1. The van der Waals surface area contributed by atoms with Gasteiger partial charge in [-0.2, -0.15) is 11.3 Å². The number of nitrogens with one attached hydrogen (secondary N) is 2. The topological polar surface area (TPSA) is 75.3 Å². The standard InChI is InChI=1S/C18H24N2O3S2/c1-14(2)20-25(22,23)13-17-5-3-15(4-6-17)11-19-18(21)8-7-16-9-10-24-12-16/h3-6,9-10,12,14,20H,7-8,11,13H2,1-2H3,(H,19,21). The van der Waals surface area contributed by atoms with E-state index in [1.807, 2.05) is 29.0 Å². The van der Waals surface area contributed by atoms with Crippen LogP contribution in [0.2, 0.25) is 0 Å². The molecule has 1 amide bonds. The van der Waals surface area contributed by atoms with Crippen molar-refractivity contribution < 1.29 is 13.2 Å². The summed E-state index contributed by atoms with van der Waals surface area (Å²) >= 11 is 1.63. The van der Waals surface area contributed by atoms with Crippen molar-refractivity contribution in [1.29, 1.82) is 0 Å². The van der Waals surface area contributed by atoms with Crippen LogP contribution in [-0.4, -0.2) is 20.4 Å². The molecule has 1 heterocycles. The fourth-order valence-corrected chi connectivity index (χ4v) is 4.49. The monoisotopic (exact) mass is 380 g/mol. The molecule has 0 unspecified atom stereocenters. The zero-order chi connectivity index (χ0) is 18.3. The Morgan fingerprint density at radius 2 is 1.76 bits per heavy atom. The highest BCUT2D eigenvalue weighted by atomic mass is 32.2. The first kappa shape index (κ1) is 19.6. The van der Waals surface area contributed by atoms with E-state index in [2.05, 4.69) is 10.0 Å². The summed E-state index contributed by atoms with van der Waals surface area (Å²) in [6, 6.07) is 9.17. The number of rotatable bonds is 9. The lowest BCUT2D eigenvalue weighted by molar-refractivity contribution is -0.121. The van der Waals surface area contributed by atoms with Crippen molar-refractivity contribution in [3.05, 3.63) is 57.8 Å². The average molecular weight is 381 g/mol. The Hall–Kier alpha value is -1.70.